The van der Waals surface area contributed by atoms with Crippen molar-refractivity contribution < 1.29 is 18.1 Å². The smallest absolute Gasteiger partial charge is 0.398 e. The SMILES string of the molecule is Nc1ccc([N+](=O)[O-])c(C(F)(F)F)c1Br. The molecule has 0 aliphatic rings. The number of nitro benzene ring substituents is 1. The van der Waals surface area contributed by atoms with Crippen molar-refractivity contribution in [3.63, 3.8) is 0 Å². The number of nitrogen functional groups attached to an aromatic ring is 1. The molecule has 1 aromatic rings. The van der Waals surface area contributed by atoms with E-state index in [1.807, 2.05) is 0 Å². The van der Waals surface area contributed by atoms with Crippen molar-refractivity contribution in [3.8, 4) is 0 Å². The molecule has 1 rings (SSSR count). The van der Waals surface area contributed by atoms with Crippen LogP contribution in [0.3, 0.4) is 0 Å². The van der Waals surface area contributed by atoms with Gasteiger partial charge in [0.15, 0.2) is 0 Å². The molecule has 2 N–H and O–H groups in total. The zero-order valence-corrected chi connectivity index (χ0v) is 8.59. The van der Waals surface area contributed by atoms with E-state index in [4.69, 9.17) is 5.73 Å². The second-order valence-corrected chi connectivity index (χ2v) is 3.41. The van der Waals surface area contributed by atoms with Crippen LogP contribution >= 0.6 is 15.9 Å². The van der Waals surface area contributed by atoms with E-state index in [2.05, 4.69) is 15.9 Å². The predicted octanol–water partition coefficient (Wildman–Crippen LogP) is 2.96. The van der Waals surface area contributed by atoms with Gasteiger partial charge >= 0.3 is 6.18 Å². The van der Waals surface area contributed by atoms with Crippen LogP contribution in [0.4, 0.5) is 24.5 Å². The van der Waals surface area contributed by atoms with Crippen molar-refractivity contribution in [2.75, 3.05) is 5.73 Å². The normalized spacial score (nSPS) is 11.5. The summed E-state index contributed by atoms with van der Waals surface area (Å²) in [6.45, 7) is 0. The Morgan fingerprint density at radius 3 is 2.33 bits per heavy atom. The highest BCUT2D eigenvalue weighted by Gasteiger charge is 2.41. The molecule has 0 unspecified atom stereocenters. The highest BCUT2D eigenvalue weighted by Crippen LogP contribution is 2.43. The Balaban J connectivity index is 3.57. The topological polar surface area (TPSA) is 69.2 Å². The Kier molecular flexibility index (Phi) is 2.89. The van der Waals surface area contributed by atoms with Crippen LogP contribution in [0.5, 0.6) is 0 Å². The molecule has 8 heteroatoms. The van der Waals surface area contributed by atoms with Gasteiger partial charge in [-0.25, -0.2) is 0 Å². The van der Waals surface area contributed by atoms with Gasteiger partial charge < -0.3 is 5.73 Å². The lowest BCUT2D eigenvalue weighted by molar-refractivity contribution is -0.388. The van der Waals surface area contributed by atoms with Gasteiger partial charge in [0.2, 0.25) is 0 Å². The lowest BCUT2D eigenvalue weighted by Gasteiger charge is -2.10. The number of rotatable bonds is 1. The summed E-state index contributed by atoms with van der Waals surface area (Å²) < 4.78 is 36.9. The van der Waals surface area contributed by atoms with E-state index in [0.29, 0.717) is 0 Å². The molecule has 0 heterocycles. The van der Waals surface area contributed by atoms with Crippen LogP contribution in [-0.4, -0.2) is 4.92 Å². The zero-order valence-electron chi connectivity index (χ0n) is 7.01. The molecule has 0 aliphatic heterocycles. The molecule has 1 aromatic carbocycles. The van der Waals surface area contributed by atoms with Gasteiger partial charge in [0.25, 0.3) is 5.69 Å². The molecule has 15 heavy (non-hydrogen) atoms. The molecule has 0 radical (unpaired) electrons. The first-order valence-electron chi connectivity index (χ1n) is 3.54. The van der Waals surface area contributed by atoms with Gasteiger partial charge in [-0.2, -0.15) is 13.2 Å². The van der Waals surface area contributed by atoms with Gasteiger partial charge in [-0.15, -0.1) is 0 Å². The number of benzene rings is 1. The molecule has 0 fully saturated rings. The summed E-state index contributed by atoms with van der Waals surface area (Å²) in [7, 11) is 0. The number of nitrogens with two attached hydrogens (primary N) is 1. The molecule has 0 saturated heterocycles. The van der Waals surface area contributed by atoms with Crippen LogP contribution in [0.25, 0.3) is 0 Å². The van der Waals surface area contributed by atoms with E-state index in [0.717, 1.165) is 12.1 Å². The van der Waals surface area contributed by atoms with Crippen molar-refractivity contribution in [1.82, 2.24) is 0 Å². The maximum absolute atomic E-state index is 12.5. The van der Waals surface area contributed by atoms with Crippen molar-refractivity contribution in [3.05, 3.63) is 32.3 Å². The second-order valence-electron chi connectivity index (χ2n) is 2.62. The fraction of sp³-hybridized carbons (Fsp3) is 0.143. The third-order valence-electron chi connectivity index (χ3n) is 1.63. The van der Waals surface area contributed by atoms with Gasteiger partial charge in [0.05, 0.1) is 9.40 Å². The Hall–Kier alpha value is -1.31. The van der Waals surface area contributed by atoms with E-state index in [1.165, 1.54) is 0 Å². The third kappa shape index (κ3) is 2.20. The summed E-state index contributed by atoms with van der Waals surface area (Å²) in [6, 6.07) is 1.76. The molecular weight excluding hydrogens is 281 g/mol. The van der Waals surface area contributed by atoms with E-state index < -0.39 is 26.8 Å². The minimum absolute atomic E-state index is 0.201. The standard InChI is InChI=1S/C7H4BrF3N2O2/c8-6-3(12)1-2-4(13(14)15)5(6)7(9,10)11/h1-2H,12H2. The molecule has 4 nitrogen and oxygen atoms in total. The number of hydrogen-bond acceptors (Lipinski definition) is 3. The summed E-state index contributed by atoms with van der Waals surface area (Å²) in [5, 5.41) is 10.4. The minimum atomic E-state index is -4.82. The highest BCUT2D eigenvalue weighted by atomic mass is 79.9. The Bertz CT molecular complexity index is 419. The maximum Gasteiger partial charge on any atom is 0.424 e. The zero-order chi connectivity index (χ0) is 11.8. The average Bonchev–Trinajstić information content (AvgIpc) is 2.06. The largest absolute Gasteiger partial charge is 0.424 e. The van der Waals surface area contributed by atoms with Crippen LogP contribution in [0.1, 0.15) is 5.56 Å². The first kappa shape index (κ1) is 11.8. The molecule has 0 aromatic heterocycles. The maximum atomic E-state index is 12.5. The van der Waals surface area contributed by atoms with Crippen LogP contribution in [-0.2, 0) is 6.18 Å². The number of nitrogens with zero attached hydrogens (tertiary/aromatic N) is 1. The molecule has 82 valence electrons. The number of hydrogen-bond donors (Lipinski definition) is 1. The van der Waals surface area contributed by atoms with Gasteiger partial charge in [-0.3, -0.25) is 10.1 Å². The second kappa shape index (κ2) is 3.69. The minimum Gasteiger partial charge on any atom is -0.398 e. The van der Waals surface area contributed by atoms with Crippen molar-refractivity contribution in [2.45, 2.75) is 6.18 Å². The van der Waals surface area contributed by atoms with E-state index in [9.17, 15) is 23.3 Å². The quantitative estimate of drug-likeness (QED) is 0.490. The molecule has 0 aliphatic carbocycles. The first-order chi connectivity index (χ1) is 6.75. The molecule has 0 saturated carbocycles. The van der Waals surface area contributed by atoms with Gasteiger partial charge in [-0.05, 0) is 22.0 Å². The first-order valence-corrected chi connectivity index (χ1v) is 4.34. The van der Waals surface area contributed by atoms with E-state index >= 15 is 0 Å². The summed E-state index contributed by atoms with van der Waals surface area (Å²) in [6.07, 6.45) is -4.82. The summed E-state index contributed by atoms with van der Waals surface area (Å²) in [4.78, 5) is 9.27. The number of halogens is 4. The van der Waals surface area contributed by atoms with Crippen molar-refractivity contribution >= 4 is 27.3 Å². The molecular formula is C7H4BrF3N2O2. The van der Waals surface area contributed by atoms with Crippen LogP contribution < -0.4 is 5.73 Å². The van der Waals surface area contributed by atoms with Gasteiger partial charge in [-0.1, -0.05) is 0 Å². The number of alkyl halides is 3. The monoisotopic (exact) mass is 284 g/mol. The van der Waals surface area contributed by atoms with Crippen LogP contribution in [0.2, 0.25) is 0 Å². The van der Waals surface area contributed by atoms with Crippen LogP contribution in [0, 0.1) is 10.1 Å². The Morgan fingerprint density at radius 1 is 1.40 bits per heavy atom. The lowest BCUT2D eigenvalue weighted by atomic mass is 10.1. The molecule has 0 spiro atoms. The van der Waals surface area contributed by atoms with Crippen molar-refractivity contribution in [2.24, 2.45) is 0 Å². The number of anilines is 1. The highest BCUT2D eigenvalue weighted by molar-refractivity contribution is 9.10. The average molecular weight is 285 g/mol. The van der Waals surface area contributed by atoms with E-state index in [-0.39, 0.29) is 5.69 Å². The molecule has 0 amide bonds. The summed E-state index contributed by atoms with van der Waals surface area (Å²) in [5.74, 6) is 0. The fourth-order valence-corrected chi connectivity index (χ4v) is 1.56. The van der Waals surface area contributed by atoms with Crippen molar-refractivity contribution in [1.29, 1.82) is 0 Å². The lowest BCUT2D eigenvalue weighted by Crippen LogP contribution is -2.11. The van der Waals surface area contributed by atoms with E-state index in [1.54, 1.807) is 0 Å². The van der Waals surface area contributed by atoms with Gasteiger partial charge in [0.1, 0.15) is 5.56 Å². The van der Waals surface area contributed by atoms with Gasteiger partial charge in [0, 0.05) is 11.8 Å². The summed E-state index contributed by atoms with van der Waals surface area (Å²) >= 11 is 2.59. The Morgan fingerprint density at radius 2 is 1.93 bits per heavy atom. The summed E-state index contributed by atoms with van der Waals surface area (Å²) in [5.41, 5.74) is 2.62. The molecule has 0 atom stereocenters. The third-order valence-corrected chi connectivity index (χ3v) is 2.48. The fourth-order valence-electron chi connectivity index (χ4n) is 1.00. The van der Waals surface area contributed by atoms with Crippen LogP contribution in [0.15, 0.2) is 16.6 Å². The molecule has 0 bridgehead atoms. The predicted molar refractivity (Wildman–Crippen MR) is 50.2 cm³/mol. The number of nitro groups is 1. The Labute approximate surface area is 90.2 Å².